The van der Waals surface area contributed by atoms with Gasteiger partial charge in [0.2, 0.25) is 0 Å². The Hall–Kier alpha value is -3.92. The lowest BCUT2D eigenvalue weighted by atomic mass is 9.62. The van der Waals surface area contributed by atoms with E-state index in [2.05, 4.69) is 78.3 Å². The zero-order chi connectivity index (χ0) is 27.1. The van der Waals surface area contributed by atoms with Gasteiger partial charge in [-0.2, -0.15) is 0 Å². The lowest BCUT2D eigenvalue weighted by molar-refractivity contribution is -0.0775. The smallest absolute Gasteiger partial charge is 0.171 e. The molecule has 4 unspecified atom stereocenters. The number of nitrogens with one attached hydrogen (secondary N) is 4. The van der Waals surface area contributed by atoms with Crippen molar-refractivity contribution in [3.05, 3.63) is 71.8 Å². The number of terminal acetylenes is 1. The van der Waals surface area contributed by atoms with Gasteiger partial charge in [-0.15, -0.1) is 6.42 Å². The molecule has 4 aromatic rings. The third kappa shape index (κ3) is 3.30. The molecule has 1 aliphatic carbocycles. The molecule has 6 nitrogen and oxygen atoms in total. The summed E-state index contributed by atoms with van der Waals surface area (Å²) in [6.45, 7) is 6.37. The maximum atomic E-state index is 11.6. The summed E-state index contributed by atoms with van der Waals surface area (Å²) in [4.78, 5) is 0. The lowest BCUT2D eigenvalue weighted by Crippen LogP contribution is -2.52. The third-order valence-corrected chi connectivity index (χ3v) is 9.34. The van der Waals surface area contributed by atoms with Crippen molar-refractivity contribution in [1.82, 2.24) is 0 Å². The molecule has 0 saturated heterocycles. The molecule has 4 aromatic carbocycles. The number of anilines is 4. The van der Waals surface area contributed by atoms with E-state index in [1.54, 1.807) is 0 Å². The second-order valence-corrected chi connectivity index (χ2v) is 11.5. The Morgan fingerprint density at radius 2 is 1.15 bits per heavy atom. The van der Waals surface area contributed by atoms with Crippen LogP contribution in [0.4, 0.5) is 22.7 Å². The van der Waals surface area contributed by atoms with Crippen LogP contribution in [0.15, 0.2) is 60.7 Å². The molecule has 7 rings (SSSR count). The van der Waals surface area contributed by atoms with E-state index in [-0.39, 0.29) is 11.6 Å². The summed E-state index contributed by atoms with van der Waals surface area (Å²) >= 11 is 0. The van der Waals surface area contributed by atoms with E-state index in [9.17, 15) is 10.2 Å². The Morgan fingerprint density at radius 1 is 0.692 bits per heavy atom. The standard InChI is InChI=1S/C33H34N4O2/c1-5-32(4)34-22-12-8-10-18-20(14-16-24(35-32)26(18)22)28-30(38)29(31(28)39)21-15-17-25-27-19(21)11-9-13-23(27)36-33(6-2,7-3)37-25/h2,8-17,28-31,34-39H,5,7H2,1,3-4H3. The van der Waals surface area contributed by atoms with Gasteiger partial charge < -0.3 is 31.5 Å². The summed E-state index contributed by atoms with van der Waals surface area (Å²) in [5.41, 5.74) is 5.14. The minimum absolute atomic E-state index is 0.223. The summed E-state index contributed by atoms with van der Waals surface area (Å²) in [5.74, 6) is 2.10. The van der Waals surface area contributed by atoms with Gasteiger partial charge in [0.25, 0.3) is 0 Å². The van der Waals surface area contributed by atoms with E-state index >= 15 is 0 Å². The number of aliphatic hydroxyl groups is 2. The highest BCUT2D eigenvalue weighted by molar-refractivity contribution is 6.08. The molecule has 0 amide bonds. The first-order chi connectivity index (χ1) is 18.8. The fraction of sp³-hybridized carbons (Fsp3) is 0.333. The predicted molar refractivity (Wildman–Crippen MR) is 160 cm³/mol. The van der Waals surface area contributed by atoms with Crippen molar-refractivity contribution >= 4 is 44.3 Å². The fourth-order valence-corrected chi connectivity index (χ4v) is 6.94. The minimum Gasteiger partial charge on any atom is -0.392 e. The topological polar surface area (TPSA) is 88.6 Å². The molecule has 39 heavy (non-hydrogen) atoms. The van der Waals surface area contributed by atoms with Gasteiger partial charge in [0.1, 0.15) is 5.66 Å². The van der Waals surface area contributed by atoms with Crippen LogP contribution >= 0.6 is 0 Å². The highest BCUT2D eigenvalue weighted by atomic mass is 16.3. The van der Waals surface area contributed by atoms with Crippen molar-refractivity contribution in [1.29, 1.82) is 0 Å². The van der Waals surface area contributed by atoms with Crippen molar-refractivity contribution < 1.29 is 10.2 Å². The number of aliphatic hydroxyl groups excluding tert-OH is 2. The first kappa shape index (κ1) is 24.1. The van der Waals surface area contributed by atoms with Crippen molar-refractivity contribution in [3.63, 3.8) is 0 Å². The molecule has 0 bridgehead atoms. The fourth-order valence-electron chi connectivity index (χ4n) is 6.94. The van der Waals surface area contributed by atoms with E-state index in [4.69, 9.17) is 6.42 Å². The Morgan fingerprint density at radius 3 is 1.62 bits per heavy atom. The molecule has 2 heterocycles. The Kier molecular flexibility index (Phi) is 5.13. The van der Waals surface area contributed by atoms with Crippen molar-refractivity contribution in [3.8, 4) is 12.3 Å². The van der Waals surface area contributed by atoms with Crippen molar-refractivity contribution in [2.45, 2.75) is 69.0 Å². The normalized spacial score (nSPS) is 30.4. The molecule has 0 aromatic heterocycles. The van der Waals surface area contributed by atoms with Gasteiger partial charge in [-0.1, -0.05) is 56.2 Å². The molecule has 6 N–H and O–H groups in total. The molecular formula is C33H34N4O2. The minimum atomic E-state index is -0.718. The maximum absolute atomic E-state index is 11.6. The number of hydrogen-bond donors (Lipinski definition) is 6. The van der Waals surface area contributed by atoms with Crippen LogP contribution in [0.5, 0.6) is 0 Å². The average molecular weight is 519 g/mol. The van der Waals surface area contributed by atoms with E-state index in [1.807, 2.05) is 30.3 Å². The van der Waals surface area contributed by atoms with Crippen LogP contribution in [0, 0.1) is 12.3 Å². The summed E-state index contributed by atoms with van der Waals surface area (Å²) in [6, 6.07) is 20.6. The number of benzene rings is 4. The van der Waals surface area contributed by atoms with E-state index < -0.39 is 23.8 Å². The summed E-state index contributed by atoms with van der Waals surface area (Å²) in [7, 11) is 0. The summed E-state index contributed by atoms with van der Waals surface area (Å²) in [6.07, 6.45) is 6.10. The Bertz CT molecular complexity index is 1650. The summed E-state index contributed by atoms with van der Waals surface area (Å²) in [5, 5.41) is 41.7. The third-order valence-electron chi connectivity index (χ3n) is 9.34. The SMILES string of the molecule is C#CC1(CC)Nc2cccc3c(C4C(O)C(c5ccc6c7c(cccc57)NC(C)(CC)N6)C4O)ccc(c23)N1. The number of rotatable bonds is 4. The monoisotopic (exact) mass is 518 g/mol. The van der Waals surface area contributed by atoms with E-state index in [1.165, 1.54) is 0 Å². The van der Waals surface area contributed by atoms with E-state index in [0.717, 1.165) is 68.3 Å². The maximum Gasteiger partial charge on any atom is 0.171 e. The van der Waals surface area contributed by atoms with Crippen LogP contribution in [0.2, 0.25) is 0 Å². The molecule has 198 valence electrons. The zero-order valence-electron chi connectivity index (χ0n) is 22.5. The van der Waals surface area contributed by atoms with Gasteiger partial charge in [0.05, 0.1) is 12.2 Å². The van der Waals surface area contributed by atoms with Crippen molar-refractivity contribution in [2.75, 3.05) is 21.3 Å². The van der Waals surface area contributed by atoms with Crippen LogP contribution in [-0.4, -0.2) is 33.7 Å². The first-order valence-electron chi connectivity index (χ1n) is 13.9. The van der Waals surface area contributed by atoms with E-state index in [0.29, 0.717) is 0 Å². The van der Waals surface area contributed by atoms with Crippen LogP contribution in [0.25, 0.3) is 21.5 Å². The first-order valence-corrected chi connectivity index (χ1v) is 13.9. The second kappa shape index (κ2) is 8.29. The molecule has 1 fully saturated rings. The quantitative estimate of drug-likeness (QED) is 0.182. The molecular weight excluding hydrogens is 484 g/mol. The molecule has 0 spiro atoms. The van der Waals surface area contributed by atoms with Crippen LogP contribution < -0.4 is 21.3 Å². The van der Waals surface area contributed by atoms with Gasteiger partial charge >= 0.3 is 0 Å². The van der Waals surface area contributed by atoms with Gasteiger partial charge in [-0.05, 0) is 65.9 Å². The van der Waals surface area contributed by atoms with Crippen LogP contribution in [0.3, 0.4) is 0 Å². The molecule has 1 saturated carbocycles. The lowest BCUT2D eigenvalue weighted by Gasteiger charge is -2.48. The highest BCUT2D eigenvalue weighted by Crippen LogP contribution is 2.53. The predicted octanol–water partition coefficient (Wildman–Crippen LogP) is 6.14. The van der Waals surface area contributed by atoms with Gasteiger partial charge in [0.15, 0.2) is 5.66 Å². The second-order valence-electron chi connectivity index (χ2n) is 11.5. The largest absolute Gasteiger partial charge is 0.392 e. The van der Waals surface area contributed by atoms with Gasteiger partial charge in [-0.25, -0.2) is 0 Å². The van der Waals surface area contributed by atoms with Gasteiger partial charge in [0, 0.05) is 45.4 Å². The van der Waals surface area contributed by atoms with Crippen LogP contribution in [-0.2, 0) is 0 Å². The highest BCUT2D eigenvalue weighted by Gasteiger charge is 2.51. The number of hydrogen-bond acceptors (Lipinski definition) is 6. The van der Waals surface area contributed by atoms with Gasteiger partial charge in [-0.3, -0.25) is 0 Å². The molecule has 0 radical (unpaired) electrons. The molecule has 6 heteroatoms. The average Bonchev–Trinajstić information content (AvgIpc) is 2.95. The molecule has 4 atom stereocenters. The summed E-state index contributed by atoms with van der Waals surface area (Å²) < 4.78 is 0. The van der Waals surface area contributed by atoms with Crippen molar-refractivity contribution in [2.24, 2.45) is 0 Å². The Labute approximate surface area is 228 Å². The zero-order valence-corrected chi connectivity index (χ0v) is 22.5. The Balaban J connectivity index is 1.27. The van der Waals surface area contributed by atoms with Crippen LogP contribution in [0.1, 0.15) is 56.6 Å². The molecule has 2 aliphatic heterocycles. The molecule has 3 aliphatic rings.